The van der Waals surface area contributed by atoms with Crippen LogP contribution in [-0.2, 0) is 19.5 Å². The Morgan fingerprint density at radius 3 is 2.37 bits per heavy atom. The van der Waals surface area contributed by atoms with E-state index in [1.807, 2.05) is 49.5 Å². The topological polar surface area (TPSA) is 23.6 Å². The predicted molar refractivity (Wildman–Crippen MR) is 110 cm³/mol. The predicted octanol–water partition coefficient (Wildman–Crippen LogP) is 4.52. The summed E-state index contributed by atoms with van der Waals surface area (Å²) >= 11 is 0. The first kappa shape index (κ1) is 17.3. The third-order valence-corrected chi connectivity index (χ3v) is 5.17. The number of anilines is 1. The fourth-order valence-electron chi connectivity index (χ4n) is 3.69. The summed E-state index contributed by atoms with van der Waals surface area (Å²) in [6.45, 7) is 2.55. The van der Waals surface area contributed by atoms with Gasteiger partial charge in [0.2, 0.25) is 0 Å². The van der Waals surface area contributed by atoms with Crippen molar-refractivity contribution in [1.82, 2.24) is 4.90 Å². The van der Waals surface area contributed by atoms with Crippen LogP contribution in [0.2, 0.25) is 0 Å². The molecule has 0 atom stereocenters. The summed E-state index contributed by atoms with van der Waals surface area (Å²) in [5.74, 6) is 0.0527. The molecule has 0 aliphatic carbocycles. The Hall–Kier alpha value is -3.07. The molecule has 1 amide bonds. The molecule has 27 heavy (non-hydrogen) atoms. The van der Waals surface area contributed by atoms with Gasteiger partial charge in [-0.15, -0.1) is 0 Å². The van der Waals surface area contributed by atoms with Crippen molar-refractivity contribution < 1.29 is 4.79 Å². The molecule has 3 aromatic carbocycles. The molecule has 0 spiro atoms. The zero-order valence-corrected chi connectivity index (χ0v) is 15.6. The molecule has 3 heteroatoms. The molecule has 0 N–H and O–H groups in total. The summed E-state index contributed by atoms with van der Waals surface area (Å²) in [4.78, 5) is 16.9. The van der Waals surface area contributed by atoms with Crippen LogP contribution in [0.25, 0.3) is 0 Å². The molecule has 0 saturated heterocycles. The number of benzene rings is 3. The highest BCUT2D eigenvalue weighted by Crippen LogP contribution is 2.28. The van der Waals surface area contributed by atoms with Crippen LogP contribution in [0, 0.1) is 0 Å². The number of amides is 1. The maximum atomic E-state index is 12.7. The smallest absolute Gasteiger partial charge is 0.253 e. The summed E-state index contributed by atoms with van der Waals surface area (Å²) in [5.41, 5.74) is 5.86. The van der Waals surface area contributed by atoms with Crippen LogP contribution in [0.5, 0.6) is 0 Å². The molecule has 0 saturated carbocycles. The SMILES string of the molecule is CN(Cc1ccccc1)C(=O)c1ccc(CN2CCc3ccccc32)cc1. The molecule has 1 aliphatic rings. The van der Waals surface area contributed by atoms with Gasteiger partial charge in [0.25, 0.3) is 5.91 Å². The Morgan fingerprint density at radius 1 is 0.889 bits per heavy atom. The molecule has 3 aromatic rings. The maximum Gasteiger partial charge on any atom is 0.253 e. The second kappa shape index (κ2) is 7.67. The van der Waals surface area contributed by atoms with Crippen LogP contribution in [-0.4, -0.2) is 24.4 Å². The number of hydrogen-bond donors (Lipinski definition) is 0. The van der Waals surface area contributed by atoms with E-state index in [2.05, 4.69) is 41.3 Å². The highest BCUT2D eigenvalue weighted by molar-refractivity contribution is 5.94. The van der Waals surface area contributed by atoms with Gasteiger partial charge in [0.1, 0.15) is 0 Å². The summed E-state index contributed by atoms with van der Waals surface area (Å²) in [7, 11) is 1.85. The molecule has 136 valence electrons. The Kier molecular flexibility index (Phi) is 4.93. The van der Waals surface area contributed by atoms with E-state index in [0.29, 0.717) is 6.54 Å². The number of carbonyl (C=O) groups excluding carboxylic acids is 1. The molecule has 0 fully saturated rings. The fraction of sp³-hybridized carbons (Fsp3) is 0.208. The van der Waals surface area contributed by atoms with Gasteiger partial charge in [-0.05, 0) is 41.3 Å². The second-order valence-electron chi connectivity index (χ2n) is 7.14. The van der Waals surface area contributed by atoms with Crippen LogP contribution in [0.1, 0.15) is 27.0 Å². The third kappa shape index (κ3) is 3.87. The Morgan fingerprint density at radius 2 is 1.59 bits per heavy atom. The highest BCUT2D eigenvalue weighted by atomic mass is 16.2. The van der Waals surface area contributed by atoms with E-state index < -0.39 is 0 Å². The van der Waals surface area contributed by atoms with Crippen molar-refractivity contribution in [3.05, 3.63) is 101 Å². The van der Waals surface area contributed by atoms with Gasteiger partial charge >= 0.3 is 0 Å². The lowest BCUT2D eigenvalue weighted by Gasteiger charge is -2.20. The number of fused-ring (bicyclic) bond motifs is 1. The highest BCUT2D eigenvalue weighted by Gasteiger charge is 2.18. The average Bonchev–Trinajstić information content (AvgIpc) is 3.12. The van der Waals surface area contributed by atoms with Crippen molar-refractivity contribution in [3.8, 4) is 0 Å². The molecule has 0 bridgehead atoms. The zero-order chi connectivity index (χ0) is 18.6. The number of carbonyl (C=O) groups is 1. The van der Waals surface area contributed by atoms with E-state index in [0.717, 1.165) is 30.6 Å². The van der Waals surface area contributed by atoms with E-state index in [1.54, 1.807) is 4.90 Å². The number of para-hydroxylation sites is 1. The lowest BCUT2D eigenvalue weighted by atomic mass is 10.1. The second-order valence-corrected chi connectivity index (χ2v) is 7.14. The largest absolute Gasteiger partial charge is 0.367 e. The normalized spacial score (nSPS) is 12.7. The van der Waals surface area contributed by atoms with Crippen molar-refractivity contribution in [2.75, 3.05) is 18.5 Å². The molecular weight excluding hydrogens is 332 g/mol. The van der Waals surface area contributed by atoms with Crippen LogP contribution in [0.4, 0.5) is 5.69 Å². The lowest BCUT2D eigenvalue weighted by Crippen LogP contribution is -2.26. The van der Waals surface area contributed by atoms with Crippen LogP contribution >= 0.6 is 0 Å². The number of nitrogens with zero attached hydrogens (tertiary/aromatic N) is 2. The van der Waals surface area contributed by atoms with E-state index in [1.165, 1.54) is 16.8 Å². The van der Waals surface area contributed by atoms with Gasteiger partial charge in [-0.25, -0.2) is 0 Å². The maximum absolute atomic E-state index is 12.7. The van der Waals surface area contributed by atoms with E-state index in [4.69, 9.17) is 0 Å². The van der Waals surface area contributed by atoms with Gasteiger partial charge in [0, 0.05) is 37.9 Å². The minimum absolute atomic E-state index is 0.0527. The van der Waals surface area contributed by atoms with E-state index in [-0.39, 0.29) is 5.91 Å². The Bertz CT molecular complexity index is 919. The van der Waals surface area contributed by atoms with Gasteiger partial charge in [0.15, 0.2) is 0 Å². The standard InChI is InChI=1S/C24H24N2O/c1-25(17-19-7-3-2-4-8-19)24(27)22-13-11-20(12-14-22)18-26-16-15-21-9-5-6-10-23(21)26/h2-14H,15-18H2,1H3. The van der Waals surface area contributed by atoms with Gasteiger partial charge in [-0.3, -0.25) is 4.79 Å². The first-order valence-electron chi connectivity index (χ1n) is 9.42. The van der Waals surface area contributed by atoms with Gasteiger partial charge in [-0.2, -0.15) is 0 Å². The van der Waals surface area contributed by atoms with Crippen LogP contribution in [0.15, 0.2) is 78.9 Å². The monoisotopic (exact) mass is 356 g/mol. The van der Waals surface area contributed by atoms with Gasteiger partial charge in [0.05, 0.1) is 0 Å². The Balaban J connectivity index is 1.41. The Labute approximate surface area is 160 Å². The van der Waals surface area contributed by atoms with Crippen molar-refractivity contribution in [3.63, 3.8) is 0 Å². The average molecular weight is 356 g/mol. The van der Waals surface area contributed by atoms with Crippen molar-refractivity contribution in [2.45, 2.75) is 19.5 Å². The molecule has 1 aliphatic heterocycles. The number of rotatable bonds is 5. The van der Waals surface area contributed by atoms with Crippen LogP contribution < -0.4 is 4.90 Å². The first-order chi connectivity index (χ1) is 13.2. The van der Waals surface area contributed by atoms with E-state index >= 15 is 0 Å². The summed E-state index contributed by atoms with van der Waals surface area (Å²) in [6.07, 6.45) is 1.11. The third-order valence-electron chi connectivity index (χ3n) is 5.17. The molecule has 0 aromatic heterocycles. The molecule has 0 unspecified atom stereocenters. The molecule has 3 nitrogen and oxygen atoms in total. The molecule has 1 heterocycles. The van der Waals surface area contributed by atoms with E-state index in [9.17, 15) is 4.79 Å². The van der Waals surface area contributed by atoms with Crippen molar-refractivity contribution in [1.29, 1.82) is 0 Å². The summed E-state index contributed by atoms with van der Waals surface area (Å²) in [5, 5.41) is 0. The molecular formula is C24H24N2O. The summed E-state index contributed by atoms with van der Waals surface area (Å²) in [6, 6.07) is 26.7. The van der Waals surface area contributed by atoms with Gasteiger partial charge in [-0.1, -0.05) is 60.7 Å². The number of hydrogen-bond acceptors (Lipinski definition) is 2. The van der Waals surface area contributed by atoms with Crippen LogP contribution in [0.3, 0.4) is 0 Å². The zero-order valence-electron chi connectivity index (χ0n) is 15.6. The fourth-order valence-corrected chi connectivity index (χ4v) is 3.69. The minimum Gasteiger partial charge on any atom is -0.367 e. The van der Waals surface area contributed by atoms with Crippen molar-refractivity contribution in [2.24, 2.45) is 0 Å². The lowest BCUT2D eigenvalue weighted by molar-refractivity contribution is 0.0785. The first-order valence-corrected chi connectivity index (χ1v) is 9.42. The molecule has 4 rings (SSSR count). The minimum atomic E-state index is 0.0527. The quantitative estimate of drug-likeness (QED) is 0.671. The molecule has 0 radical (unpaired) electrons. The van der Waals surface area contributed by atoms with Gasteiger partial charge < -0.3 is 9.80 Å². The summed E-state index contributed by atoms with van der Waals surface area (Å²) < 4.78 is 0. The van der Waals surface area contributed by atoms with Crippen molar-refractivity contribution >= 4 is 11.6 Å².